The highest BCUT2D eigenvalue weighted by Crippen LogP contribution is 2.27. The van der Waals surface area contributed by atoms with Crippen LogP contribution in [0.25, 0.3) is 6.08 Å². The molecular weight excluding hydrogens is 445 g/mol. The second-order valence-electron chi connectivity index (χ2n) is 4.90. The Morgan fingerprint density at radius 3 is 2.44 bits per heavy atom. The molecule has 0 bridgehead atoms. The van der Waals surface area contributed by atoms with Gasteiger partial charge in [-0.15, -0.1) is 5.10 Å². The van der Waals surface area contributed by atoms with Crippen molar-refractivity contribution in [2.75, 3.05) is 0 Å². The molecular formula is C17H10BrCl2N3OS. The average molecular weight is 455 g/mol. The minimum atomic E-state index is -0.211. The Morgan fingerprint density at radius 2 is 1.76 bits per heavy atom. The van der Waals surface area contributed by atoms with Crippen LogP contribution in [0.2, 0.25) is 10.0 Å². The number of amidine groups is 1. The number of benzene rings is 2. The van der Waals surface area contributed by atoms with E-state index >= 15 is 0 Å². The Morgan fingerprint density at radius 1 is 1.08 bits per heavy atom. The van der Waals surface area contributed by atoms with Crippen molar-refractivity contribution in [1.29, 1.82) is 0 Å². The molecule has 2 aromatic carbocycles. The lowest BCUT2D eigenvalue weighted by Crippen LogP contribution is -2.19. The van der Waals surface area contributed by atoms with Crippen LogP contribution in [0.4, 0.5) is 0 Å². The molecule has 1 N–H and O–H groups in total. The highest BCUT2D eigenvalue weighted by Gasteiger charge is 2.23. The molecule has 8 heteroatoms. The van der Waals surface area contributed by atoms with Gasteiger partial charge < -0.3 is 0 Å². The van der Waals surface area contributed by atoms with Gasteiger partial charge in [-0.2, -0.15) is 5.10 Å². The van der Waals surface area contributed by atoms with Crippen molar-refractivity contribution in [1.82, 2.24) is 5.32 Å². The molecule has 0 spiro atoms. The van der Waals surface area contributed by atoms with Gasteiger partial charge in [0.05, 0.1) is 21.2 Å². The van der Waals surface area contributed by atoms with E-state index in [1.807, 2.05) is 24.3 Å². The number of carbonyl (C=O) groups is 1. The predicted molar refractivity (Wildman–Crippen MR) is 109 cm³/mol. The highest BCUT2D eigenvalue weighted by molar-refractivity contribution is 9.10. The Balaban J connectivity index is 1.75. The summed E-state index contributed by atoms with van der Waals surface area (Å²) in [5, 5.41) is 12.0. The summed E-state index contributed by atoms with van der Waals surface area (Å²) < 4.78 is 0.980. The van der Waals surface area contributed by atoms with Gasteiger partial charge in [-0.3, -0.25) is 10.1 Å². The van der Waals surface area contributed by atoms with Crippen LogP contribution in [-0.4, -0.2) is 17.3 Å². The predicted octanol–water partition coefficient (Wildman–Crippen LogP) is 5.35. The Bertz CT molecular complexity index is 890. The molecule has 1 heterocycles. The third-order valence-corrected chi connectivity index (χ3v) is 5.24. The van der Waals surface area contributed by atoms with Gasteiger partial charge in [0.15, 0.2) is 5.17 Å². The molecule has 1 aliphatic rings. The van der Waals surface area contributed by atoms with Crippen LogP contribution in [0.1, 0.15) is 11.1 Å². The molecule has 1 saturated heterocycles. The average Bonchev–Trinajstić information content (AvgIpc) is 2.92. The van der Waals surface area contributed by atoms with Crippen molar-refractivity contribution >= 4 is 74.3 Å². The first-order valence-electron chi connectivity index (χ1n) is 7.04. The number of hydrogen-bond acceptors (Lipinski definition) is 4. The number of halogens is 3. The first-order valence-corrected chi connectivity index (χ1v) is 9.41. The summed E-state index contributed by atoms with van der Waals surface area (Å²) in [6, 6.07) is 12.8. The number of nitrogens with one attached hydrogen (secondary N) is 1. The molecule has 0 unspecified atom stereocenters. The molecule has 126 valence electrons. The first kappa shape index (κ1) is 18.2. The molecule has 0 saturated carbocycles. The normalized spacial score (nSPS) is 17.6. The fourth-order valence-corrected chi connectivity index (χ4v) is 3.50. The van der Waals surface area contributed by atoms with E-state index < -0.39 is 0 Å². The molecule has 4 nitrogen and oxygen atoms in total. The Kier molecular flexibility index (Phi) is 5.96. The number of carbonyl (C=O) groups excluding carboxylic acids is 1. The van der Waals surface area contributed by atoms with Crippen LogP contribution in [0.15, 0.2) is 62.0 Å². The summed E-state index contributed by atoms with van der Waals surface area (Å²) in [6.45, 7) is 0. The SMILES string of the molecule is O=C1N/C(=N/N=C/c2c(Cl)cccc2Cl)S/C1=C/c1ccc(Br)cc1. The number of hydrogen-bond donors (Lipinski definition) is 1. The molecule has 2 aromatic rings. The molecule has 1 fully saturated rings. The van der Waals surface area contributed by atoms with Gasteiger partial charge in [-0.05, 0) is 47.7 Å². The summed E-state index contributed by atoms with van der Waals surface area (Å²) in [5.74, 6) is -0.211. The van der Waals surface area contributed by atoms with Crippen LogP contribution >= 0.6 is 50.9 Å². The minimum Gasteiger partial charge on any atom is -0.299 e. The van der Waals surface area contributed by atoms with E-state index in [2.05, 4.69) is 31.4 Å². The number of nitrogens with zero attached hydrogens (tertiary/aromatic N) is 2. The molecule has 0 radical (unpaired) electrons. The van der Waals surface area contributed by atoms with E-state index in [-0.39, 0.29) is 5.91 Å². The number of amides is 1. The number of thioether (sulfide) groups is 1. The molecule has 25 heavy (non-hydrogen) atoms. The van der Waals surface area contributed by atoms with Crippen molar-refractivity contribution in [3.63, 3.8) is 0 Å². The van der Waals surface area contributed by atoms with Crippen molar-refractivity contribution < 1.29 is 4.79 Å². The smallest absolute Gasteiger partial charge is 0.264 e. The Labute approximate surface area is 167 Å². The van der Waals surface area contributed by atoms with Crippen LogP contribution in [0.3, 0.4) is 0 Å². The summed E-state index contributed by atoms with van der Waals surface area (Å²) in [5.41, 5.74) is 1.50. The Hall–Kier alpha value is -1.60. The van der Waals surface area contributed by atoms with Gasteiger partial charge in [-0.1, -0.05) is 57.3 Å². The lowest BCUT2D eigenvalue weighted by molar-refractivity contribution is -0.115. The van der Waals surface area contributed by atoms with Crippen LogP contribution in [0.5, 0.6) is 0 Å². The van der Waals surface area contributed by atoms with E-state index in [1.165, 1.54) is 18.0 Å². The van der Waals surface area contributed by atoms with E-state index in [4.69, 9.17) is 23.2 Å². The second kappa shape index (κ2) is 8.19. The van der Waals surface area contributed by atoms with Crippen LogP contribution < -0.4 is 5.32 Å². The van der Waals surface area contributed by atoms with Crippen LogP contribution in [0, 0.1) is 0 Å². The topological polar surface area (TPSA) is 53.8 Å². The second-order valence-corrected chi connectivity index (χ2v) is 7.66. The zero-order valence-electron chi connectivity index (χ0n) is 12.5. The molecule has 1 aliphatic heterocycles. The van der Waals surface area contributed by atoms with Gasteiger partial charge in [-0.25, -0.2) is 0 Å². The van der Waals surface area contributed by atoms with E-state index in [9.17, 15) is 4.79 Å². The van der Waals surface area contributed by atoms with Crippen LogP contribution in [-0.2, 0) is 4.79 Å². The summed E-state index contributed by atoms with van der Waals surface area (Å²) in [7, 11) is 0. The van der Waals surface area contributed by atoms with Gasteiger partial charge in [0.25, 0.3) is 5.91 Å². The van der Waals surface area contributed by atoms with Crippen molar-refractivity contribution in [2.24, 2.45) is 10.2 Å². The largest absolute Gasteiger partial charge is 0.299 e. The van der Waals surface area contributed by atoms with Gasteiger partial charge in [0.1, 0.15) is 0 Å². The maximum Gasteiger partial charge on any atom is 0.264 e. The fourth-order valence-electron chi connectivity index (χ4n) is 1.96. The monoisotopic (exact) mass is 453 g/mol. The minimum absolute atomic E-state index is 0.211. The summed E-state index contributed by atoms with van der Waals surface area (Å²) in [6.07, 6.45) is 3.25. The summed E-state index contributed by atoms with van der Waals surface area (Å²) in [4.78, 5) is 12.6. The fraction of sp³-hybridized carbons (Fsp3) is 0. The molecule has 1 amide bonds. The maximum absolute atomic E-state index is 12.0. The van der Waals surface area contributed by atoms with E-state index in [1.54, 1.807) is 24.3 Å². The van der Waals surface area contributed by atoms with E-state index in [0.29, 0.717) is 25.7 Å². The third kappa shape index (κ3) is 4.73. The van der Waals surface area contributed by atoms with Gasteiger partial charge in [0, 0.05) is 10.0 Å². The number of rotatable bonds is 3. The van der Waals surface area contributed by atoms with Gasteiger partial charge >= 0.3 is 0 Å². The molecule has 3 rings (SSSR count). The summed E-state index contributed by atoms with van der Waals surface area (Å²) >= 11 is 16.7. The molecule has 0 aromatic heterocycles. The maximum atomic E-state index is 12.0. The van der Waals surface area contributed by atoms with Crippen molar-refractivity contribution in [3.8, 4) is 0 Å². The third-order valence-electron chi connectivity index (χ3n) is 3.15. The molecule has 0 atom stereocenters. The zero-order chi connectivity index (χ0) is 17.8. The van der Waals surface area contributed by atoms with Crippen molar-refractivity contribution in [3.05, 3.63) is 73.0 Å². The first-order chi connectivity index (χ1) is 12.0. The van der Waals surface area contributed by atoms with Gasteiger partial charge in [0.2, 0.25) is 0 Å². The van der Waals surface area contributed by atoms with E-state index in [0.717, 1.165) is 10.0 Å². The lowest BCUT2D eigenvalue weighted by atomic mass is 10.2. The molecule has 0 aliphatic carbocycles. The lowest BCUT2D eigenvalue weighted by Gasteiger charge is -1.98. The zero-order valence-corrected chi connectivity index (χ0v) is 16.5. The highest BCUT2D eigenvalue weighted by atomic mass is 79.9. The standard InChI is InChI=1S/C17H10BrCl2N3OS/c18-11-6-4-10(5-7-11)8-15-16(24)22-17(25-15)23-21-9-12-13(19)2-1-3-14(12)20/h1-9H,(H,22,23,24)/b15-8+,21-9+. The van der Waals surface area contributed by atoms with Crippen molar-refractivity contribution in [2.45, 2.75) is 0 Å². The quantitative estimate of drug-likeness (QED) is 0.386.